The number of carbonyl (C=O) groups is 2. The molecule has 8 heteroatoms. The number of rotatable bonds is 7. The first-order valence-electron chi connectivity index (χ1n) is 7.76. The van der Waals surface area contributed by atoms with Gasteiger partial charge in [-0.15, -0.1) is 0 Å². The molecule has 1 atom stereocenters. The summed E-state index contributed by atoms with van der Waals surface area (Å²) in [5, 5.41) is 9.16. The van der Waals surface area contributed by atoms with E-state index in [9.17, 15) is 22.8 Å². The minimum Gasteiger partial charge on any atom is -0.480 e. The molecule has 1 N–H and O–H groups in total. The van der Waals surface area contributed by atoms with Gasteiger partial charge in [-0.3, -0.25) is 14.5 Å². The van der Waals surface area contributed by atoms with Crippen molar-refractivity contribution in [1.29, 1.82) is 0 Å². The van der Waals surface area contributed by atoms with E-state index in [1.165, 1.54) is 26.8 Å². The maximum absolute atomic E-state index is 12.7. The molecule has 0 aliphatic heterocycles. The third-order valence-corrected chi connectivity index (χ3v) is 4.41. The Morgan fingerprint density at radius 1 is 1.38 bits per heavy atom. The van der Waals surface area contributed by atoms with Crippen molar-refractivity contribution < 1.29 is 27.9 Å². The van der Waals surface area contributed by atoms with E-state index in [4.69, 9.17) is 5.11 Å². The second-order valence-electron chi connectivity index (χ2n) is 6.33. The number of carboxylic acids is 1. The Balaban J connectivity index is 2.20. The number of aliphatic carboxylic acids is 1. The number of carboxylic acid groups (broad SMARTS) is 1. The van der Waals surface area contributed by atoms with Gasteiger partial charge < -0.3 is 9.67 Å². The maximum Gasteiger partial charge on any atom is 0.406 e. The van der Waals surface area contributed by atoms with Crippen LogP contribution in [0.25, 0.3) is 0 Å². The van der Waals surface area contributed by atoms with E-state index in [2.05, 4.69) is 0 Å². The Morgan fingerprint density at radius 3 is 2.42 bits per heavy atom. The fourth-order valence-corrected chi connectivity index (χ4v) is 2.89. The fourth-order valence-electron chi connectivity index (χ4n) is 2.89. The molecule has 1 saturated carbocycles. The zero-order valence-corrected chi connectivity index (χ0v) is 13.9. The third-order valence-electron chi connectivity index (χ3n) is 4.41. The van der Waals surface area contributed by atoms with E-state index in [0.29, 0.717) is 5.69 Å². The lowest BCUT2D eigenvalue weighted by Gasteiger charge is -2.25. The lowest BCUT2D eigenvalue weighted by molar-refractivity contribution is -0.143. The Morgan fingerprint density at radius 2 is 1.96 bits per heavy atom. The van der Waals surface area contributed by atoms with Gasteiger partial charge in [-0.05, 0) is 39.7 Å². The number of Topliss-reactive ketones (excluding diaryl/α,β-unsaturated/α-hetero) is 1. The molecule has 134 valence electrons. The summed E-state index contributed by atoms with van der Waals surface area (Å²) < 4.78 is 39.0. The lowest BCUT2D eigenvalue weighted by Crippen LogP contribution is -2.43. The van der Waals surface area contributed by atoms with Crippen LogP contribution in [0.4, 0.5) is 13.2 Å². The second-order valence-corrected chi connectivity index (χ2v) is 6.33. The monoisotopic (exact) mass is 346 g/mol. The molecule has 1 unspecified atom stereocenters. The van der Waals surface area contributed by atoms with Crippen molar-refractivity contribution >= 4 is 11.8 Å². The molecule has 24 heavy (non-hydrogen) atoms. The molecule has 5 nitrogen and oxygen atoms in total. The maximum atomic E-state index is 12.7. The smallest absolute Gasteiger partial charge is 0.406 e. The number of hydrogen-bond acceptors (Lipinski definition) is 3. The number of hydrogen-bond donors (Lipinski definition) is 1. The highest BCUT2D eigenvalue weighted by molar-refractivity contribution is 5.99. The van der Waals surface area contributed by atoms with Gasteiger partial charge >= 0.3 is 12.1 Å². The topological polar surface area (TPSA) is 62.5 Å². The number of aromatic nitrogens is 1. The standard InChI is InChI=1S/C16H21F3N2O3/c1-9-6-13(10(2)21(9)8-16(17,18)19)14(22)7-20(12-4-5-12)11(3)15(23)24/h6,11-12H,4-5,7-8H2,1-3H3,(H,23,24). The summed E-state index contributed by atoms with van der Waals surface area (Å²) in [6, 6.07) is 0.693. The van der Waals surface area contributed by atoms with E-state index in [1.807, 2.05) is 0 Å². The number of halogens is 3. The molecular weight excluding hydrogens is 325 g/mol. The molecule has 0 radical (unpaired) electrons. The van der Waals surface area contributed by atoms with E-state index >= 15 is 0 Å². The molecule has 1 heterocycles. The summed E-state index contributed by atoms with van der Waals surface area (Å²) in [7, 11) is 0. The summed E-state index contributed by atoms with van der Waals surface area (Å²) in [6.45, 7) is 3.27. The number of carbonyl (C=O) groups excluding carboxylic acids is 1. The summed E-state index contributed by atoms with van der Waals surface area (Å²) in [5.74, 6) is -1.37. The summed E-state index contributed by atoms with van der Waals surface area (Å²) in [5.41, 5.74) is 0.839. The van der Waals surface area contributed by atoms with Gasteiger partial charge in [-0.1, -0.05) is 0 Å². The van der Waals surface area contributed by atoms with E-state index in [1.54, 1.807) is 4.90 Å². The Labute approximate surface area is 138 Å². The highest BCUT2D eigenvalue weighted by atomic mass is 19.4. The number of aryl methyl sites for hydroxylation is 1. The Kier molecular flexibility index (Phi) is 5.08. The predicted molar refractivity (Wildman–Crippen MR) is 81.1 cm³/mol. The van der Waals surface area contributed by atoms with Crippen LogP contribution in [0.5, 0.6) is 0 Å². The highest BCUT2D eigenvalue weighted by Gasteiger charge is 2.37. The average Bonchev–Trinajstić information content (AvgIpc) is 3.25. The number of alkyl halides is 3. The van der Waals surface area contributed by atoms with Crippen molar-refractivity contribution in [2.45, 2.75) is 58.4 Å². The number of ketones is 1. The summed E-state index contributed by atoms with van der Waals surface area (Å²) >= 11 is 0. The van der Waals surface area contributed by atoms with Crippen LogP contribution in [0.15, 0.2) is 6.07 Å². The van der Waals surface area contributed by atoms with Crippen LogP contribution in [-0.2, 0) is 11.3 Å². The minimum absolute atomic E-state index is 0.0544. The molecule has 1 fully saturated rings. The van der Waals surface area contributed by atoms with Gasteiger partial charge in [0.1, 0.15) is 12.6 Å². The molecule has 1 aliphatic carbocycles. The quantitative estimate of drug-likeness (QED) is 0.771. The van der Waals surface area contributed by atoms with Crippen molar-refractivity contribution in [2.75, 3.05) is 6.54 Å². The highest BCUT2D eigenvalue weighted by Crippen LogP contribution is 2.29. The van der Waals surface area contributed by atoms with Crippen molar-refractivity contribution in [2.24, 2.45) is 0 Å². The van der Waals surface area contributed by atoms with E-state index in [-0.39, 0.29) is 29.6 Å². The Hall–Kier alpha value is -1.83. The van der Waals surface area contributed by atoms with Crippen LogP contribution >= 0.6 is 0 Å². The van der Waals surface area contributed by atoms with Gasteiger partial charge in [-0.2, -0.15) is 13.2 Å². The van der Waals surface area contributed by atoms with Crippen LogP contribution in [0.2, 0.25) is 0 Å². The third kappa shape index (κ3) is 4.17. The normalized spacial score (nSPS) is 16.5. The molecule has 0 aromatic carbocycles. The lowest BCUT2D eigenvalue weighted by atomic mass is 10.1. The van der Waals surface area contributed by atoms with E-state index in [0.717, 1.165) is 17.4 Å². The molecule has 1 aliphatic rings. The summed E-state index contributed by atoms with van der Waals surface area (Å²) in [4.78, 5) is 25.3. The molecule has 0 spiro atoms. The largest absolute Gasteiger partial charge is 0.480 e. The van der Waals surface area contributed by atoms with Gasteiger partial charge in [0.05, 0.1) is 6.54 Å². The van der Waals surface area contributed by atoms with Crippen LogP contribution in [0.1, 0.15) is 41.5 Å². The SMILES string of the molecule is Cc1cc(C(=O)CN(C2CC2)C(C)C(=O)O)c(C)n1CC(F)(F)F. The van der Waals surface area contributed by atoms with Crippen LogP contribution in [-0.4, -0.2) is 51.1 Å². The zero-order chi connectivity index (χ0) is 18.2. The van der Waals surface area contributed by atoms with Gasteiger partial charge in [0.25, 0.3) is 0 Å². The average molecular weight is 346 g/mol. The first kappa shape index (κ1) is 18.5. The van der Waals surface area contributed by atoms with Crippen LogP contribution in [0, 0.1) is 13.8 Å². The Bertz CT molecular complexity index is 648. The second kappa shape index (κ2) is 6.58. The molecule has 0 saturated heterocycles. The first-order chi connectivity index (χ1) is 11.0. The van der Waals surface area contributed by atoms with Crippen molar-refractivity contribution in [3.8, 4) is 0 Å². The molecular formula is C16H21F3N2O3. The fraction of sp³-hybridized carbons (Fsp3) is 0.625. The minimum atomic E-state index is -4.37. The van der Waals surface area contributed by atoms with Gasteiger partial charge in [0.2, 0.25) is 0 Å². The number of nitrogens with zero attached hydrogens (tertiary/aromatic N) is 2. The first-order valence-corrected chi connectivity index (χ1v) is 7.76. The van der Waals surface area contributed by atoms with Crippen molar-refractivity contribution in [3.63, 3.8) is 0 Å². The zero-order valence-electron chi connectivity index (χ0n) is 13.9. The van der Waals surface area contributed by atoms with Crippen LogP contribution in [0.3, 0.4) is 0 Å². The molecule has 2 rings (SSSR count). The molecule has 1 aromatic heterocycles. The summed E-state index contributed by atoms with van der Waals surface area (Å²) in [6.07, 6.45) is -2.71. The van der Waals surface area contributed by atoms with Crippen molar-refractivity contribution in [1.82, 2.24) is 9.47 Å². The predicted octanol–water partition coefficient (Wildman–Crippen LogP) is 2.79. The van der Waals surface area contributed by atoms with E-state index < -0.39 is 24.7 Å². The molecule has 1 aromatic rings. The van der Waals surface area contributed by atoms with Crippen molar-refractivity contribution in [3.05, 3.63) is 23.0 Å². The van der Waals surface area contributed by atoms with Gasteiger partial charge in [-0.25, -0.2) is 0 Å². The molecule has 0 amide bonds. The van der Waals surface area contributed by atoms with Gasteiger partial charge in [0, 0.05) is 23.0 Å². The molecule has 0 bridgehead atoms. The van der Waals surface area contributed by atoms with Gasteiger partial charge in [0.15, 0.2) is 5.78 Å². The van der Waals surface area contributed by atoms with Crippen LogP contribution < -0.4 is 0 Å².